The van der Waals surface area contributed by atoms with Gasteiger partial charge in [-0.15, -0.1) is 0 Å². The van der Waals surface area contributed by atoms with Gasteiger partial charge < -0.3 is 8.74 Å². The summed E-state index contributed by atoms with van der Waals surface area (Å²) in [7, 11) is 0. The Morgan fingerprint density at radius 1 is 1.07 bits per heavy atom. The first-order valence-corrected chi connectivity index (χ1v) is 5.02. The Labute approximate surface area is 83.8 Å². The number of hydrogen-bond acceptors (Lipinski definition) is 3. The van der Waals surface area contributed by atoms with Crippen LogP contribution in [0.1, 0.15) is 0 Å². The second-order valence-electron chi connectivity index (χ2n) is 2.80. The highest BCUT2D eigenvalue weighted by Gasteiger charge is 1.96. The molecule has 0 amide bonds. The van der Waals surface area contributed by atoms with Crippen LogP contribution in [-0.2, 0) is 11.4 Å². The Bertz CT molecular complexity index is 482. The van der Waals surface area contributed by atoms with Gasteiger partial charge in [-0.25, -0.2) is 4.21 Å². The first-order chi connectivity index (χ1) is 6.75. The smallest absolute Gasteiger partial charge is 0.139 e. The fourth-order valence-corrected chi connectivity index (χ4v) is 1.56. The number of rotatable bonds is 2. The van der Waals surface area contributed by atoms with Crippen molar-refractivity contribution in [2.45, 2.75) is 0 Å². The zero-order valence-electron chi connectivity index (χ0n) is 7.17. The minimum atomic E-state index is -2.51. The number of fused-ring (bicyclic) bond motifs is 1. The van der Waals surface area contributed by atoms with Crippen molar-refractivity contribution in [2.75, 3.05) is 0 Å². The van der Waals surface area contributed by atoms with Crippen molar-refractivity contribution in [3.8, 4) is 5.75 Å². The standard InChI is InChI=1S/C10H8O3S/c11-14(12)13-10-6-5-8-3-1-2-4-9(8)7-10/h1-7H,(H,11,12)/p-1. The SMILES string of the molecule is O=S([O-])Oc1ccc2ccccc2c1. The number of hydrogen-bond donors (Lipinski definition) is 0. The molecule has 1 unspecified atom stereocenters. The Kier molecular flexibility index (Phi) is 2.47. The lowest BCUT2D eigenvalue weighted by Gasteiger charge is -2.07. The summed E-state index contributed by atoms with van der Waals surface area (Å²) in [4.78, 5) is 0. The van der Waals surface area contributed by atoms with E-state index in [0.29, 0.717) is 5.75 Å². The molecule has 2 aromatic carbocycles. The first-order valence-electron chi connectivity index (χ1n) is 4.02. The normalized spacial score (nSPS) is 12.6. The predicted octanol–water partition coefficient (Wildman–Crippen LogP) is 2.01. The summed E-state index contributed by atoms with van der Waals surface area (Å²) in [5.74, 6) is 0.331. The molecule has 0 spiro atoms. The molecule has 1 atom stereocenters. The maximum atomic E-state index is 10.3. The van der Waals surface area contributed by atoms with Crippen molar-refractivity contribution in [2.24, 2.45) is 0 Å². The van der Waals surface area contributed by atoms with Gasteiger partial charge in [0.05, 0.1) is 0 Å². The van der Waals surface area contributed by atoms with Crippen molar-refractivity contribution in [1.82, 2.24) is 0 Å². The zero-order chi connectivity index (χ0) is 9.97. The number of benzene rings is 2. The molecule has 0 aliphatic heterocycles. The average Bonchev–Trinajstić information content (AvgIpc) is 2.17. The predicted molar refractivity (Wildman–Crippen MR) is 53.5 cm³/mol. The molecule has 0 aromatic heterocycles. The van der Waals surface area contributed by atoms with Crippen molar-refractivity contribution in [3.63, 3.8) is 0 Å². The van der Waals surface area contributed by atoms with Crippen LogP contribution in [-0.4, -0.2) is 8.76 Å². The van der Waals surface area contributed by atoms with Crippen molar-refractivity contribution < 1.29 is 12.9 Å². The maximum absolute atomic E-state index is 10.3. The van der Waals surface area contributed by atoms with Crippen LogP contribution in [0, 0.1) is 0 Å². The summed E-state index contributed by atoms with van der Waals surface area (Å²) in [5.41, 5.74) is 0. The first kappa shape index (κ1) is 9.18. The van der Waals surface area contributed by atoms with Gasteiger partial charge >= 0.3 is 0 Å². The molecule has 0 radical (unpaired) electrons. The van der Waals surface area contributed by atoms with E-state index in [9.17, 15) is 8.76 Å². The van der Waals surface area contributed by atoms with Crippen molar-refractivity contribution in [1.29, 1.82) is 0 Å². The topological polar surface area (TPSA) is 49.4 Å². The third-order valence-electron chi connectivity index (χ3n) is 1.89. The van der Waals surface area contributed by atoms with Crippen LogP contribution in [0.2, 0.25) is 0 Å². The van der Waals surface area contributed by atoms with Gasteiger partial charge in [-0.2, -0.15) is 0 Å². The highest BCUT2D eigenvalue weighted by molar-refractivity contribution is 7.74. The van der Waals surface area contributed by atoms with E-state index in [1.54, 1.807) is 12.1 Å². The second-order valence-corrected chi connectivity index (χ2v) is 3.37. The Hall–Kier alpha value is -1.39. The fraction of sp³-hybridized carbons (Fsp3) is 0. The second kappa shape index (κ2) is 3.77. The summed E-state index contributed by atoms with van der Waals surface area (Å²) in [6, 6.07) is 12.8. The van der Waals surface area contributed by atoms with Crippen LogP contribution in [0.3, 0.4) is 0 Å². The molecular weight excluding hydrogens is 200 g/mol. The Morgan fingerprint density at radius 3 is 2.50 bits per heavy atom. The molecule has 3 nitrogen and oxygen atoms in total. The van der Waals surface area contributed by atoms with Crippen LogP contribution in [0.15, 0.2) is 42.5 Å². The lowest BCUT2D eigenvalue weighted by atomic mass is 10.1. The van der Waals surface area contributed by atoms with Crippen molar-refractivity contribution in [3.05, 3.63) is 42.5 Å². The lowest BCUT2D eigenvalue weighted by Crippen LogP contribution is -1.97. The highest BCUT2D eigenvalue weighted by atomic mass is 32.2. The third-order valence-corrected chi connectivity index (χ3v) is 2.21. The van der Waals surface area contributed by atoms with E-state index in [0.717, 1.165) is 10.8 Å². The van der Waals surface area contributed by atoms with Crippen LogP contribution in [0.5, 0.6) is 5.75 Å². The van der Waals surface area contributed by atoms with Gasteiger partial charge in [-0.1, -0.05) is 30.3 Å². The summed E-state index contributed by atoms with van der Waals surface area (Å²) in [6.07, 6.45) is 0. The lowest BCUT2D eigenvalue weighted by molar-refractivity contribution is 0.440. The van der Waals surface area contributed by atoms with E-state index in [4.69, 9.17) is 0 Å². The largest absolute Gasteiger partial charge is 0.740 e. The van der Waals surface area contributed by atoms with Gasteiger partial charge in [0.1, 0.15) is 17.1 Å². The molecule has 0 bridgehead atoms. The third kappa shape index (κ3) is 1.92. The van der Waals surface area contributed by atoms with E-state index in [1.807, 2.05) is 30.3 Å². The van der Waals surface area contributed by atoms with E-state index in [-0.39, 0.29) is 0 Å². The fourth-order valence-electron chi connectivity index (χ4n) is 1.30. The van der Waals surface area contributed by atoms with Gasteiger partial charge in [0.15, 0.2) is 0 Å². The van der Waals surface area contributed by atoms with Gasteiger partial charge in [-0.3, -0.25) is 0 Å². The molecule has 0 heterocycles. The summed E-state index contributed by atoms with van der Waals surface area (Å²) in [5, 5.41) is 2.01. The molecule has 0 saturated heterocycles. The van der Waals surface area contributed by atoms with Crippen LogP contribution in [0.4, 0.5) is 0 Å². The molecule has 4 heteroatoms. The molecule has 0 saturated carbocycles. The highest BCUT2D eigenvalue weighted by Crippen LogP contribution is 2.20. The van der Waals surface area contributed by atoms with Gasteiger partial charge in [0.25, 0.3) is 0 Å². The van der Waals surface area contributed by atoms with E-state index in [2.05, 4.69) is 4.18 Å². The Morgan fingerprint density at radius 2 is 1.79 bits per heavy atom. The summed E-state index contributed by atoms with van der Waals surface area (Å²) >= 11 is -2.51. The minimum absolute atomic E-state index is 0.331. The summed E-state index contributed by atoms with van der Waals surface area (Å²) < 4.78 is 25.1. The molecular formula is C10H7O3S-. The molecule has 0 fully saturated rings. The molecule has 72 valence electrons. The quantitative estimate of drug-likeness (QED) is 0.708. The zero-order valence-corrected chi connectivity index (χ0v) is 7.99. The van der Waals surface area contributed by atoms with Crippen LogP contribution < -0.4 is 4.18 Å². The van der Waals surface area contributed by atoms with E-state index in [1.165, 1.54) is 0 Å². The van der Waals surface area contributed by atoms with Crippen molar-refractivity contribution >= 4 is 22.1 Å². The molecule has 0 aliphatic rings. The van der Waals surface area contributed by atoms with Gasteiger partial charge in [-0.05, 0) is 22.9 Å². The van der Waals surface area contributed by atoms with Gasteiger partial charge in [0, 0.05) is 0 Å². The molecule has 0 aliphatic carbocycles. The molecule has 0 N–H and O–H groups in total. The maximum Gasteiger partial charge on any atom is 0.139 e. The van der Waals surface area contributed by atoms with E-state index >= 15 is 0 Å². The molecule has 2 rings (SSSR count). The van der Waals surface area contributed by atoms with Gasteiger partial charge in [0.2, 0.25) is 0 Å². The Balaban J connectivity index is 2.46. The average molecular weight is 207 g/mol. The monoisotopic (exact) mass is 207 g/mol. The van der Waals surface area contributed by atoms with Crippen LogP contribution >= 0.6 is 0 Å². The molecule has 14 heavy (non-hydrogen) atoms. The van der Waals surface area contributed by atoms with E-state index < -0.39 is 11.4 Å². The van der Waals surface area contributed by atoms with Crippen LogP contribution in [0.25, 0.3) is 10.8 Å². The summed E-state index contributed by atoms with van der Waals surface area (Å²) in [6.45, 7) is 0. The minimum Gasteiger partial charge on any atom is -0.740 e. The molecule has 2 aromatic rings.